The van der Waals surface area contributed by atoms with Crippen LogP contribution in [0.1, 0.15) is 38.5 Å². The van der Waals surface area contributed by atoms with Gasteiger partial charge in [-0.15, -0.1) is 0 Å². The Kier molecular flexibility index (Phi) is 3.80. The van der Waals surface area contributed by atoms with Gasteiger partial charge in [-0.25, -0.2) is 0 Å². The molecule has 4 heteroatoms. The summed E-state index contributed by atoms with van der Waals surface area (Å²) in [7, 11) is 0. The number of nitrogens with one attached hydrogen (secondary N) is 1. The van der Waals surface area contributed by atoms with E-state index in [0.717, 1.165) is 30.9 Å². The van der Waals surface area contributed by atoms with Gasteiger partial charge >= 0.3 is 0 Å². The summed E-state index contributed by atoms with van der Waals surface area (Å²) in [6.07, 6.45) is 8.94. The third-order valence-corrected chi connectivity index (χ3v) is 5.12. The van der Waals surface area contributed by atoms with Gasteiger partial charge in [0.05, 0.1) is 5.41 Å². The molecule has 0 aliphatic heterocycles. The van der Waals surface area contributed by atoms with Crippen LogP contribution in [0.5, 0.6) is 0 Å². The molecule has 0 radical (unpaired) electrons. The van der Waals surface area contributed by atoms with E-state index in [-0.39, 0.29) is 11.3 Å². The van der Waals surface area contributed by atoms with Crippen LogP contribution in [0.15, 0.2) is 0 Å². The minimum Gasteiger partial charge on any atom is -0.353 e. The average molecular weight is 242 g/mol. The highest BCUT2D eigenvalue weighted by molar-refractivity contribution is 7.99. The topological polar surface area (TPSA) is 55.1 Å². The molecule has 2 aliphatic carbocycles. The van der Waals surface area contributed by atoms with Gasteiger partial charge in [-0.3, -0.25) is 4.79 Å². The molecule has 92 valence electrons. The lowest BCUT2D eigenvalue weighted by molar-refractivity contribution is -0.126. The Hall–Kier alpha value is -0.220. The smallest absolute Gasteiger partial charge is 0.227 e. The largest absolute Gasteiger partial charge is 0.353 e. The first kappa shape index (κ1) is 12.2. The van der Waals surface area contributed by atoms with Crippen molar-refractivity contribution in [3.8, 4) is 0 Å². The maximum absolute atomic E-state index is 12.0. The number of carbonyl (C=O) groups excluding carboxylic acids is 1. The van der Waals surface area contributed by atoms with Crippen molar-refractivity contribution in [3.63, 3.8) is 0 Å². The summed E-state index contributed by atoms with van der Waals surface area (Å²) in [6.45, 7) is 0.511. The zero-order valence-corrected chi connectivity index (χ0v) is 10.8. The lowest BCUT2D eigenvalue weighted by atomic mass is 9.94. The van der Waals surface area contributed by atoms with Gasteiger partial charge in [0, 0.05) is 17.8 Å². The van der Waals surface area contributed by atoms with Crippen molar-refractivity contribution < 1.29 is 4.79 Å². The zero-order chi connectivity index (χ0) is 11.6. The summed E-state index contributed by atoms with van der Waals surface area (Å²) in [5.74, 6) is 0.210. The van der Waals surface area contributed by atoms with Crippen molar-refractivity contribution in [3.05, 3.63) is 0 Å². The highest BCUT2D eigenvalue weighted by Crippen LogP contribution is 2.45. The van der Waals surface area contributed by atoms with Crippen LogP contribution in [0, 0.1) is 5.41 Å². The predicted octanol–water partition coefficient (Wildman–Crippen LogP) is 1.52. The molecular formula is C12H22N2OS. The van der Waals surface area contributed by atoms with Crippen LogP contribution in [0.25, 0.3) is 0 Å². The second-order valence-corrected chi connectivity index (χ2v) is 6.32. The van der Waals surface area contributed by atoms with E-state index < -0.39 is 0 Å². The summed E-state index contributed by atoms with van der Waals surface area (Å²) in [5, 5.41) is 3.93. The first-order chi connectivity index (χ1) is 7.70. The first-order valence-electron chi connectivity index (χ1n) is 6.24. The quantitative estimate of drug-likeness (QED) is 0.786. The monoisotopic (exact) mass is 242 g/mol. The molecule has 0 aromatic carbocycles. The molecule has 0 heterocycles. The first-order valence-corrected chi connectivity index (χ1v) is 7.53. The van der Waals surface area contributed by atoms with E-state index >= 15 is 0 Å². The number of carbonyl (C=O) groups is 1. The van der Waals surface area contributed by atoms with Crippen molar-refractivity contribution in [2.45, 2.75) is 49.8 Å². The molecule has 2 aliphatic rings. The van der Waals surface area contributed by atoms with E-state index in [1.54, 1.807) is 0 Å². The van der Waals surface area contributed by atoms with Gasteiger partial charge < -0.3 is 11.1 Å². The maximum Gasteiger partial charge on any atom is 0.227 e. The zero-order valence-electron chi connectivity index (χ0n) is 10.00. The fraction of sp³-hybridized carbons (Fsp3) is 0.917. The fourth-order valence-corrected chi connectivity index (χ4v) is 3.33. The summed E-state index contributed by atoms with van der Waals surface area (Å²) in [5.41, 5.74) is 5.48. The molecule has 2 saturated carbocycles. The third kappa shape index (κ3) is 2.54. The highest BCUT2D eigenvalue weighted by Gasteiger charge is 2.49. The second kappa shape index (κ2) is 4.96. The molecule has 0 aromatic heterocycles. The standard InChI is InChI=1S/C12H22N2OS/c1-16-10-4-2-3-9(7-10)14-11(15)12(8-13)5-6-12/h9-10H,2-8,13H2,1H3,(H,14,15). The molecule has 3 N–H and O–H groups in total. The summed E-state index contributed by atoms with van der Waals surface area (Å²) in [6, 6.07) is 0.391. The second-order valence-electron chi connectivity index (χ2n) is 5.18. The normalized spacial score (nSPS) is 32.1. The van der Waals surface area contributed by atoms with Gasteiger partial charge in [0.25, 0.3) is 0 Å². The third-order valence-electron chi connectivity index (χ3n) is 4.02. The SMILES string of the molecule is CSC1CCCC(NC(=O)C2(CN)CC2)C1. The number of hydrogen-bond acceptors (Lipinski definition) is 3. The molecule has 16 heavy (non-hydrogen) atoms. The Labute approximate surface area is 102 Å². The lowest BCUT2D eigenvalue weighted by Gasteiger charge is -2.29. The van der Waals surface area contributed by atoms with Crippen molar-refractivity contribution in [2.75, 3.05) is 12.8 Å². The Morgan fingerprint density at radius 2 is 2.25 bits per heavy atom. The Bertz CT molecular complexity index is 266. The van der Waals surface area contributed by atoms with E-state index in [2.05, 4.69) is 11.6 Å². The summed E-state index contributed by atoms with van der Waals surface area (Å²) in [4.78, 5) is 12.0. The highest BCUT2D eigenvalue weighted by atomic mass is 32.2. The Morgan fingerprint density at radius 1 is 1.50 bits per heavy atom. The molecule has 2 rings (SSSR count). The molecule has 2 fully saturated rings. The predicted molar refractivity (Wildman–Crippen MR) is 68.4 cm³/mol. The average Bonchev–Trinajstić information content (AvgIpc) is 3.10. The van der Waals surface area contributed by atoms with Gasteiger partial charge in [0.1, 0.15) is 0 Å². The van der Waals surface area contributed by atoms with Crippen molar-refractivity contribution >= 4 is 17.7 Å². The molecule has 0 bridgehead atoms. The van der Waals surface area contributed by atoms with Gasteiger partial charge in [-0.05, 0) is 38.4 Å². The number of nitrogens with two attached hydrogens (primary N) is 1. The fourth-order valence-electron chi connectivity index (χ4n) is 2.50. The van der Waals surface area contributed by atoms with Gasteiger partial charge in [-0.2, -0.15) is 11.8 Å². The van der Waals surface area contributed by atoms with Crippen LogP contribution in [0.2, 0.25) is 0 Å². The molecule has 3 nitrogen and oxygen atoms in total. The van der Waals surface area contributed by atoms with E-state index in [4.69, 9.17) is 5.73 Å². The Morgan fingerprint density at radius 3 is 2.81 bits per heavy atom. The van der Waals surface area contributed by atoms with E-state index in [1.165, 1.54) is 12.8 Å². The van der Waals surface area contributed by atoms with E-state index in [9.17, 15) is 4.79 Å². The minimum absolute atomic E-state index is 0.188. The molecule has 1 amide bonds. The molecule has 2 atom stereocenters. The summed E-state index contributed by atoms with van der Waals surface area (Å²) < 4.78 is 0. The van der Waals surface area contributed by atoms with Crippen LogP contribution in [-0.4, -0.2) is 30.0 Å². The lowest BCUT2D eigenvalue weighted by Crippen LogP contribution is -2.44. The van der Waals surface area contributed by atoms with Crippen LogP contribution < -0.4 is 11.1 Å². The Balaban J connectivity index is 1.83. The molecule has 0 saturated heterocycles. The molecule has 0 aromatic rings. The van der Waals surface area contributed by atoms with Crippen LogP contribution >= 0.6 is 11.8 Å². The number of amides is 1. The minimum atomic E-state index is -0.188. The molecule has 2 unspecified atom stereocenters. The molecular weight excluding hydrogens is 220 g/mol. The van der Waals surface area contributed by atoms with E-state index in [1.807, 2.05) is 11.8 Å². The van der Waals surface area contributed by atoms with Gasteiger partial charge in [0.2, 0.25) is 5.91 Å². The van der Waals surface area contributed by atoms with Crippen LogP contribution in [-0.2, 0) is 4.79 Å². The van der Waals surface area contributed by atoms with Crippen molar-refractivity contribution in [1.29, 1.82) is 0 Å². The maximum atomic E-state index is 12.0. The van der Waals surface area contributed by atoms with Crippen molar-refractivity contribution in [1.82, 2.24) is 5.32 Å². The van der Waals surface area contributed by atoms with Gasteiger partial charge in [0.15, 0.2) is 0 Å². The summed E-state index contributed by atoms with van der Waals surface area (Å²) >= 11 is 1.93. The van der Waals surface area contributed by atoms with Crippen molar-refractivity contribution in [2.24, 2.45) is 11.1 Å². The van der Waals surface area contributed by atoms with Crippen LogP contribution in [0.4, 0.5) is 0 Å². The van der Waals surface area contributed by atoms with Gasteiger partial charge in [-0.1, -0.05) is 6.42 Å². The number of hydrogen-bond donors (Lipinski definition) is 2. The molecule has 0 spiro atoms. The van der Waals surface area contributed by atoms with E-state index in [0.29, 0.717) is 12.6 Å². The number of thioether (sulfide) groups is 1. The van der Waals surface area contributed by atoms with Crippen LogP contribution in [0.3, 0.4) is 0 Å². The number of rotatable bonds is 4.